The fourth-order valence-corrected chi connectivity index (χ4v) is 2.54. The Morgan fingerprint density at radius 1 is 1.08 bits per heavy atom. The maximum absolute atomic E-state index is 5.98. The molecule has 3 aromatic rings. The molecule has 0 N–H and O–H groups in total. The van der Waals surface area contributed by atoms with Gasteiger partial charge in [0.05, 0.1) is 11.4 Å². The van der Waals surface area contributed by atoms with Crippen molar-refractivity contribution >= 4 is 28.2 Å². The molecule has 0 spiro atoms. The monoisotopic (exact) mass is 437 g/mol. The molecule has 0 aliphatic carbocycles. The molecular weight excluding hydrogens is 413 g/mol. The predicted octanol–water partition coefficient (Wildman–Crippen LogP) is 4.33. The minimum Gasteiger partial charge on any atom is -0.485 e. The molecule has 24 heavy (non-hydrogen) atoms. The summed E-state index contributed by atoms with van der Waals surface area (Å²) in [5.41, 5.74) is 4.28. The van der Waals surface area contributed by atoms with Gasteiger partial charge in [-0.25, -0.2) is 4.98 Å². The van der Waals surface area contributed by atoms with Crippen molar-refractivity contribution in [2.45, 2.75) is 20.1 Å². The highest BCUT2D eigenvalue weighted by molar-refractivity contribution is 14.1. The van der Waals surface area contributed by atoms with E-state index in [2.05, 4.69) is 63.1 Å². The molecule has 4 nitrogen and oxygen atoms in total. The quantitative estimate of drug-likeness (QED) is 0.440. The van der Waals surface area contributed by atoms with E-state index in [1.165, 1.54) is 5.69 Å². The van der Waals surface area contributed by atoms with Gasteiger partial charge in [-0.1, -0.05) is 52.9 Å². The maximum Gasteiger partial charge on any atom is 0.180 e. The Kier molecular flexibility index (Phi) is 7.05. The molecule has 0 amide bonds. The van der Waals surface area contributed by atoms with Crippen molar-refractivity contribution in [2.24, 2.45) is 0 Å². The molecule has 1 aromatic carbocycles. The highest BCUT2D eigenvalue weighted by Gasteiger charge is 2.13. The van der Waals surface area contributed by atoms with Gasteiger partial charge < -0.3 is 9.64 Å². The van der Waals surface area contributed by atoms with Crippen LogP contribution in [0.3, 0.4) is 0 Å². The molecule has 0 aliphatic rings. The molecule has 2 aromatic heterocycles. The van der Waals surface area contributed by atoms with Crippen molar-refractivity contribution < 1.29 is 4.74 Å². The number of fused-ring (bicyclic) bond motifs is 1. The van der Waals surface area contributed by atoms with Crippen LogP contribution in [0.5, 0.6) is 5.75 Å². The maximum atomic E-state index is 5.98. The fraction of sp³-hybridized carbons (Fsp3) is 0.316. The number of aromatic nitrogens is 2. The van der Waals surface area contributed by atoms with E-state index in [4.69, 9.17) is 4.74 Å². The summed E-state index contributed by atoms with van der Waals surface area (Å²) in [4.78, 5) is 8.81. The van der Waals surface area contributed by atoms with Crippen molar-refractivity contribution in [1.82, 2.24) is 14.3 Å². The van der Waals surface area contributed by atoms with E-state index in [-0.39, 0.29) is 0 Å². The van der Waals surface area contributed by atoms with Crippen LogP contribution in [-0.2, 0) is 13.2 Å². The van der Waals surface area contributed by atoms with Gasteiger partial charge in [0.25, 0.3) is 0 Å². The van der Waals surface area contributed by atoms with Crippen LogP contribution in [0.4, 0.5) is 0 Å². The molecule has 3 rings (SSSR count). The van der Waals surface area contributed by atoms with Crippen molar-refractivity contribution in [3.63, 3.8) is 0 Å². The molecular formula is C19H24IN3O. The van der Waals surface area contributed by atoms with Gasteiger partial charge in [-0.15, -0.1) is 0 Å². The van der Waals surface area contributed by atoms with Crippen molar-refractivity contribution in [1.29, 1.82) is 0 Å². The van der Waals surface area contributed by atoms with Gasteiger partial charge >= 0.3 is 0 Å². The van der Waals surface area contributed by atoms with Gasteiger partial charge in [0.15, 0.2) is 11.4 Å². The third-order valence-corrected chi connectivity index (χ3v) is 3.62. The van der Waals surface area contributed by atoms with Crippen molar-refractivity contribution in [3.8, 4) is 5.75 Å². The Morgan fingerprint density at radius 2 is 1.79 bits per heavy atom. The minimum atomic E-state index is 0.551. The van der Waals surface area contributed by atoms with E-state index in [0.29, 0.717) is 6.61 Å². The van der Waals surface area contributed by atoms with E-state index in [1.807, 2.05) is 48.4 Å². The third kappa shape index (κ3) is 4.48. The summed E-state index contributed by atoms with van der Waals surface area (Å²) in [5, 5.41) is 0. The van der Waals surface area contributed by atoms with Crippen LogP contribution in [0.25, 0.3) is 5.65 Å². The Labute approximate surface area is 157 Å². The normalized spacial score (nSPS) is 10.6. The van der Waals surface area contributed by atoms with Crippen LogP contribution in [0.1, 0.15) is 17.0 Å². The number of pyridine rings is 1. The van der Waals surface area contributed by atoms with Gasteiger partial charge in [-0.2, -0.15) is 0 Å². The Bertz CT molecular complexity index is 769. The average Bonchev–Trinajstić information content (AvgIpc) is 2.92. The number of nitrogens with zero attached hydrogens (tertiary/aromatic N) is 3. The molecule has 0 bridgehead atoms. The van der Waals surface area contributed by atoms with Crippen LogP contribution >= 0.6 is 22.6 Å². The lowest BCUT2D eigenvalue weighted by atomic mass is 10.2. The van der Waals surface area contributed by atoms with Crippen LogP contribution in [-0.4, -0.2) is 33.3 Å². The second kappa shape index (κ2) is 9.03. The zero-order valence-electron chi connectivity index (χ0n) is 14.7. The topological polar surface area (TPSA) is 29.8 Å². The number of alkyl halides is 1. The largest absolute Gasteiger partial charge is 0.485 e. The lowest BCUT2D eigenvalue weighted by molar-refractivity contribution is 0.308. The molecule has 128 valence electrons. The third-order valence-electron chi connectivity index (χ3n) is 3.62. The van der Waals surface area contributed by atoms with E-state index in [1.54, 1.807) is 0 Å². The summed E-state index contributed by atoms with van der Waals surface area (Å²) < 4.78 is 8.10. The summed E-state index contributed by atoms with van der Waals surface area (Å²) >= 11 is 2.15. The van der Waals surface area contributed by atoms with E-state index < -0.39 is 0 Å². The number of rotatable bonds is 5. The summed E-state index contributed by atoms with van der Waals surface area (Å²) in [6.07, 6.45) is 2.05. The Hall–Kier alpha value is -1.60. The molecule has 0 saturated heterocycles. The molecule has 2 heterocycles. The van der Waals surface area contributed by atoms with Gasteiger partial charge in [0.1, 0.15) is 6.61 Å². The van der Waals surface area contributed by atoms with Crippen LogP contribution in [0.2, 0.25) is 0 Å². The first-order valence-electron chi connectivity index (χ1n) is 7.81. The molecule has 0 radical (unpaired) electrons. The van der Waals surface area contributed by atoms with Gasteiger partial charge in [-0.3, -0.25) is 4.40 Å². The van der Waals surface area contributed by atoms with Crippen LogP contribution in [0.15, 0.2) is 48.7 Å². The SMILES string of the molecule is CI.Cc1nc2c(OCc3ccccc3)cccn2c1CN(C)C. The predicted molar refractivity (Wildman–Crippen MR) is 108 cm³/mol. The Balaban J connectivity index is 0.00000100. The fourth-order valence-electron chi connectivity index (χ4n) is 2.54. The zero-order chi connectivity index (χ0) is 17.5. The number of aryl methyl sites for hydroxylation is 1. The highest BCUT2D eigenvalue weighted by atomic mass is 127. The van der Waals surface area contributed by atoms with Gasteiger partial charge in [0.2, 0.25) is 0 Å². The van der Waals surface area contributed by atoms with Gasteiger partial charge in [-0.05, 0) is 43.6 Å². The number of ether oxygens (including phenoxy) is 1. The lowest BCUT2D eigenvalue weighted by Crippen LogP contribution is -2.13. The van der Waals surface area contributed by atoms with Crippen LogP contribution in [0, 0.1) is 6.92 Å². The molecule has 0 aliphatic heterocycles. The zero-order valence-corrected chi connectivity index (χ0v) is 16.8. The first-order valence-corrected chi connectivity index (χ1v) is 9.96. The van der Waals surface area contributed by atoms with Crippen LogP contribution < -0.4 is 4.74 Å². The number of benzene rings is 1. The Morgan fingerprint density at radius 3 is 2.46 bits per heavy atom. The first kappa shape index (κ1) is 18.7. The first-order chi connectivity index (χ1) is 11.6. The van der Waals surface area contributed by atoms with Gasteiger partial charge in [0, 0.05) is 12.7 Å². The van der Waals surface area contributed by atoms with E-state index >= 15 is 0 Å². The van der Waals surface area contributed by atoms with Crippen molar-refractivity contribution in [3.05, 3.63) is 65.6 Å². The average molecular weight is 437 g/mol. The number of imidazole rings is 1. The molecule has 0 unspecified atom stereocenters. The summed E-state index contributed by atoms with van der Waals surface area (Å²) in [6, 6.07) is 14.2. The van der Waals surface area contributed by atoms with E-state index in [9.17, 15) is 0 Å². The minimum absolute atomic E-state index is 0.551. The second-order valence-electron chi connectivity index (χ2n) is 5.72. The molecule has 0 atom stereocenters. The molecule has 0 fully saturated rings. The lowest BCUT2D eigenvalue weighted by Gasteiger charge is -2.11. The van der Waals surface area contributed by atoms with Crippen molar-refractivity contribution in [2.75, 3.05) is 19.0 Å². The molecule has 5 heteroatoms. The highest BCUT2D eigenvalue weighted by Crippen LogP contribution is 2.23. The number of halogens is 1. The standard InChI is InChI=1S/C18H21N3O.CH3I/c1-14-16(12-20(2)3)21-11-7-10-17(18(21)19-14)22-13-15-8-5-4-6-9-15;1-2/h4-11H,12-13H2,1-3H3;1H3. The number of hydrogen-bond acceptors (Lipinski definition) is 3. The summed E-state index contributed by atoms with van der Waals surface area (Å²) in [6.45, 7) is 3.46. The molecule has 0 saturated carbocycles. The number of hydrogen-bond donors (Lipinski definition) is 0. The smallest absolute Gasteiger partial charge is 0.180 e. The van der Waals surface area contributed by atoms with E-state index in [0.717, 1.165) is 29.2 Å². The summed E-state index contributed by atoms with van der Waals surface area (Å²) in [7, 11) is 4.13. The summed E-state index contributed by atoms with van der Waals surface area (Å²) in [5.74, 6) is 0.819. The second-order valence-corrected chi connectivity index (χ2v) is 5.72.